The first-order valence-corrected chi connectivity index (χ1v) is 8.68. The highest BCUT2D eigenvalue weighted by atomic mass is 32.2. The maximum absolute atomic E-state index is 12.3. The highest BCUT2D eigenvalue weighted by Gasteiger charge is 2.28. The summed E-state index contributed by atoms with van der Waals surface area (Å²) in [5.74, 6) is 1.06. The van der Waals surface area contributed by atoms with E-state index < -0.39 is 10.0 Å². The second-order valence-corrected chi connectivity index (χ2v) is 7.38. The highest BCUT2D eigenvalue weighted by molar-refractivity contribution is 7.89. The van der Waals surface area contributed by atoms with Gasteiger partial charge >= 0.3 is 0 Å². The molecule has 1 aliphatic rings. The summed E-state index contributed by atoms with van der Waals surface area (Å²) in [7, 11) is -3.48. The molecule has 0 aliphatic heterocycles. The van der Waals surface area contributed by atoms with Gasteiger partial charge in [0.1, 0.15) is 0 Å². The van der Waals surface area contributed by atoms with Crippen LogP contribution in [0.15, 0.2) is 23.1 Å². The molecule has 1 saturated carbocycles. The molecule has 112 valence electrons. The average Bonchev–Trinajstić information content (AvgIpc) is 3.28. The Morgan fingerprint density at radius 1 is 1.35 bits per heavy atom. The zero-order chi connectivity index (χ0) is 14.8. The van der Waals surface area contributed by atoms with Gasteiger partial charge in [0.05, 0.1) is 11.5 Å². The Bertz CT molecular complexity index is 564. The van der Waals surface area contributed by atoms with Crippen molar-refractivity contribution in [1.29, 1.82) is 0 Å². The lowest BCUT2D eigenvalue weighted by molar-refractivity contribution is 0.280. The zero-order valence-corrected chi connectivity index (χ0v) is 12.9. The fourth-order valence-corrected chi connectivity index (χ4v) is 3.61. The Morgan fingerprint density at radius 2 is 2.05 bits per heavy atom. The van der Waals surface area contributed by atoms with E-state index in [1.807, 2.05) is 6.92 Å². The van der Waals surface area contributed by atoms with E-state index in [4.69, 9.17) is 0 Å². The van der Waals surface area contributed by atoms with Crippen molar-refractivity contribution in [2.45, 2.75) is 44.6 Å². The summed E-state index contributed by atoms with van der Waals surface area (Å²) < 4.78 is 27.2. The van der Waals surface area contributed by atoms with Gasteiger partial charge in [0.25, 0.3) is 0 Å². The molecular weight excluding hydrogens is 274 g/mol. The third kappa shape index (κ3) is 3.59. The summed E-state index contributed by atoms with van der Waals surface area (Å²) in [6.45, 7) is 4.42. The summed E-state index contributed by atoms with van der Waals surface area (Å²) in [6, 6.07) is 4.97. The minimum atomic E-state index is -3.48. The molecule has 20 heavy (non-hydrogen) atoms. The van der Waals surface area contributed by atoms with Gasteiger partial charge in [-0.2, -0.15) is 0 Å². The summed E-state index contributed by atoms with van der Waals surface area (Å²) in [6.07, 6.45) is 3.20. The molecule has 0 aromatic heterocycles. The van der Waals surface area contributed by atoms with E-state index >= 15 is 0 Å². The van der Waals surface area contributed by atoms with E-state index in [9.17, 15) is 13.5 Å². The van der Waals surface area contributed by atoms with E-state index in [0.29, 0.717) is 23.9 Å². The van der Waals surface area contributed by atoms with Gasteiger partial charge in [-0.05, 0) is 54.4 Å². The van der Waals surface area contributed by atoms with Crippen LogP contribution in [0.2, 0.25) is 0 Å². The number of hydrogen-bond donors (Lipinski definition) is 2. The molecule has 0 bridgehead atoms. The van der Waals surface area contributed by atoms with Crippen LogP contribution in [0.4, 0.5) is 0 Å². The van der Waals surface area contributed by atoms with Crippen molar-refractivity contribution in [3.05, 3.63) is 29.3 Å². The van der Waals surface area contributed by atoms with Gasteiger partial charge in [-0.15, -0.1) is 0 Å². The first kappa shape index (κ1) is 15.5. The lowest BCUT2D eigenvalue weighted by Crippen LogP contribution is -2.29. The molecule has 1 aliphatic carbocycles. The molecule has 4 nitrogen and oxygen atoms in total. The molecule has 0 spiro atoms. The van der Waals surface area contributed by atoms with E-state index in [0.717, 1.165) is 12.0 Å². The molecule has 1 aromatic rings. The number of rotatable bonds is 7. The molecule has 5 heteroatoms. The third-order valence-electron chi connectivity index (χ3n) is 4.06. The number of aryl methyl sites for hydroxylation is 1. The van der Waals surface area contributed by atoms with Crippen molar-refractivity contribution in [3.63, 3.8) is 0 Å². The van der Waals surface area contributed by atoms with Crippen molar-refractivity contribution < 1.29 is 13.5 Å². The van der Waals surface area contributed by atoms with Crippen LogP contribution in [-0.4, -0.2) is 20.1 Å². The number of benzene rings is 1. The van der Waals surface area contributed by atoms with Crippen LogP contribution in [0.25, 0.3) is 0 Å². The Balaban J connectivity index is 2.11. The Hall–Kier alpha value is -0.910. The standard InChI is InChI=1S/C15H23NO3S/c1-3-12-6-7-15(8-14(12)10-17)20(18,19)16-9-11(2)13-4-5-13/h6-8,11,13,16-17H,3-5,9-10H2,1-2H3. The molecular formula is C15H23NO3S. The van der Waals surface area contributed by atoms with Crippen LogP contribution in [0.3, 0.4) is 0 Å². The number of nitrogens with one attached hydrogen (secondary N) is 1. The summed E-state index contributed by atoms with van der Waals surface area (Å²) in [5.41, 5.74) is 1.67. The van der Waals surface area contributed by atoms with Crippen LogP contribution in [0, 0.1) is 11.8 Å². The predicted octanol–water partition coefficient (Wildman–Crippen LogP) is 2.07. The molecule has 0 radical (unpaired) electrons. The van der Waals surface area contributed by atoms with Gasteiger partial charge in [-0.1, -0.05) is 19.9 Å². The van der Waals surface area contributed by atoms with Crippen molar-refractivity contribution in [3.8, 4) is 0 Å². The monoisotopic (exact) mass is 297 g/mol. The minimum absolute atomic E-state index is 0.134. The Kier molecular flexibility index (Phi) is 4.83. The first-order valence-electron chi connectivity index (χ1n) is 7.20. The zero-order valence-electron chi connectivity index (χ0n) is 12.1. The maximum Gasteiger partial charge on any atom is 0.240 e. The predicted molar refractivity (Wildman–Crippen MR) is 78.8 cm³/mol. The van der Waals surface area contributed by atoms with E-state index in [1.165, 1.54) is 12.8 Å². The lowest BCUT2D eigenvalue weighted by Gasteiger charge is -2.13. The smallest absolute Gasteiger partial charge is 0.240 e. The van der Waals surface area contributed by atoms with Crippen molar-refractivity contribution in [2.75, 3.05) is 6.54 Å². The van der Waals surface area contributed by atoms with Crippen LogP contribution in [0.5, 0.6) is 0 Å². The molecule has 0 saturated heterocycles. The van der Waals surface area contributed by atoms with Gasteiger partial charge in [0.2, 0.25) is 10.0 Å². The molecule has 1 aromatic carbocycles. The molecule has 1 fully saturated rings. The van der Waals surface area contributed by atoms with Crippen molar-refractivity contribution >= 4 is 10.0 Å². The van der Waals surface area contributed by atoms with Crippen LogP contribution < -0.4 is 4.72 Å². The molecule has 1 atom stereocenters. The SMILES string of the molecule is CCc1ccc(S(=O)(=O)NCC(C)C2CC2)cc1CO. The Morgan fingerprint density at radius 3 is 2.60 bits per heavy atom. The van der Waals surface area contributed by atoms with Gasteiger partial charge in [0, 0.05) is 6.54 Å². The average molecular weight is 297 g/mol. The van der Waals surface area contributed by atoms with Gasteiger partial charge in [-0.3, -0.25) is 0 Å². The fourth-order valence-electron chi connectivity index (χ4n) is 2.42. The van der Waals surface area contributed by atoms with Crippen molar-refractivity contribution in [1.82, 2.24) is 4.72 Å². The van der Waals surface area contributed by atoms with Gasteiger partial charge in [0.15, 0.2) is 0 Å². The number of aliphatic hydroxyl groups excluding tert-OH is 1. The normalized spacial score (nSPS) is 17.1. The van der Waals surface area contributed by atoms with E-state index in [-0.39, 0.29) is 11.5 Å². The second kappa shape index (κ2) is 6.24. The molecule has 0 amide bonds. The highest BCUT2D eigenvalue weighted by Crippen LogP contribution is 2.36. The molecule has 1 unspecified atom stereocenters. The molecule has 2 rings (SSSR count). The van der Waals surface area contributed by atoms with Gasteiger partial charge < -0.3 is 5.11 Å². The summed E-state index contributed by atoms with van der Waals surface area (Å²) >= 11 is 0. The Labute approximate surface area is 121 Å². The number of sulfonamides is 1. The van der Waals surface area contributed by atoms with E-state index in [2.05, 4.69) is 11.6 Å². The summed E-state index contributed by atoms with van der Waals surface area (Å²) in [4.78, 5) is 0.238. The quantitative estimate of drug-likeness (QED) is 0.809. The van der Waals surface area contributed by atoms with Crippen LogP contribution >= 0.6 is 0 Å². The largest absolute Gasteiger partial charge is 0.392 e. The number of aliphatic hydroxyl groups is 1. The second-order valence-electron chi connectivity index (χ2n) is 5.61. The first-order chi connectivity index (χ1) is 9.47. The fraction of sp³-hybridized carbons (Fsp3) is 0.600. The molecule has 2 N–H and O–H groups in total. The van der Waals surface area contributed by atoms with Crippen molar-refractivity contribution in [2.24, 2.45) is 11.8 Å². The summed E-state index contributed by atoms with van der Waals surface area (Å²) in [5, 5.41) is 9.32. The minimum Gasteiger partial charge on any atom is -0.392 e. The van der Waals surface area contributed by atoms with Crippen LogP contribution in [-0.2, 0) is 23.1 Å². The van der Waals surface area contributed by atoms with E-state index in [1.54, 1.807) is 18.2 Å². The van der Waals surface area contributed by atoms with Crippen LogP contribution in [0.1, 0.15) is 37.8 Å². The maximum atomic E-state index is 12.3. The van der Waals surface area contributed by atoms with Gasteiger partial charge in [-0.25, -0.2) is 13.1 Å². The molecule has 0 heterocycles. The third-order valence-corrected chi connectivity index (χ3v) is 5.48. The number of hydrogen-bond acceptors (Lipinski definition) is 3. The topological polar surface area (TPSA) is 66.4 Å². The lowest BCUT2D eigenvalue weighted by atomic mass is 10.1.